The maximum atomic E-state index is 13.2. The molecular formula is C31H32N8O3. The maximum absolute atomic E-state index is 13.2. The fourth-order valence-corrected chi connectivity index (χ4v) is 5.41. The molecule has 0 unspecified atom stereocenters. The molecule has 0 aliphatic carbocycles. The Balaban J connectivity index is 1.08. The van der Waals surface area contributed by atoms with Gasteiger partial charge >= 0.3 is 0 Å². The molecule has 0 atom stereocenters. The molecule has 11 heteroatoms. The standard InChI is InChI=1S/C31H32N8O3/c1-41-24-9-6-21(7-10-24)18-39-27(30-33-25-4-2-3-5-26(25)34-30)16-28(36-39)35-31(40)22-8-11-29(32-17-22)38-14-12-37(13-15-38)23-19-42-20-23/h2-11,16-17,23H,12-15,18-20H2,1H3,(H,33,34)(H,35,36,40). The quantitative estimate of drug-likeness (QED) is 0.294. The molecule has 0 radical (unpaired) electrons. The number of aromatic amines is 1. The van der Waals surface area contributed by atoms with Gasteiger partial charge in [-0.2, -0.15) is 5.10 Å². The van der Waals surface area contributed by atoms with E-state index in [0.717, 1.165) is 73.3 Å². The predicted molar refractivity (Wildman–Crippen MR) is 160 cm³/mol. The van der Waals surface area contributed by atoms with E-state index in [0.29, 0.717) is 29.8 Å². The van der Waals surface area contributed by atoms with Gasteiger partial charge in [0.2, 0.25) is 0 Å². The second-order valence-electron chi connectivity index (χ2n) is 10.6. The van der Waals surface area contributed by atoms with Crippen molar-refractivity contribution in [1.82, 2.24) is 29.6 Å². The van der Waals surface area contributed by atoms with Gasteiger partial charge in [-0.1, -0.05) is 24.3 Å². The minimum absolute atomic E-state index is 0.269. The van der Waals surface area contributed by atoms with Gasteiger partial charge in [-0.05, 0) is 42.0 Å². The first-order valence-electron chi connectivity index (χ1n) is 14.1. The molecule has 2 N–H and O–H groups in total. The van der Waals surface area contributed by atoms with Crippen molar-refractivity contribution in [2.24, 2.45) is 0 Å². The number of H-pyrrole nitrogens is 1. The van der Waals surface area contributed by atoms with Crippen molar-refractivity contribution < 1.29 is 14.3 Å². The number of ether oxygens (including phenoxy) is 2. The highest BCUT2D eigenvalue weighted by atomic mass is 16.5. The van der Waals surface area contributed by atoms with E-state index in [1.807, 2.05) is 71.4 Å². The molecule has 2 aliphatic heterocycles. The van der Waals surface area contributed by atoms with Crippen LogP contribution in [0.5, 0.6) is 5.75 Å². The summed E-state index contributed by atoms with van der Waals surface area (Å²) in [6.45, 7) is 5.96. The molecule has 42 heavy (non-hydrogen) atoms. The summed E-state index contributed by atoms with van der Waals surface area (Å²) >= 11 is 0. The number of nitrogens with one attached hydrogen (secondary N) is 2. The van der Waals surface area contributed by atoms with Crippen molar-refractivity contribution in [2.45, 2.75) is 12.6 Å². The molecule has 214 valence electrons. The third-order valence-electron chi connectivity index (χ3n) is 7.93. The lowest BCUT2D eigenvalue weighted by Crippen LogP contribution is -2.56. The van der Waals surface area contributed by atoms with Gasteiger partial charge in [-0.3, -0.25) is 14.4 Å². The Morgan fingerprint density at radius 2 is 1.86 bits per heavy atom. The van der Waals surface area contributed by atoms with Crippen molar-refractivity contribution >= 4 is 28.6 Å². The fourth-order valence-electron chi connectivity index (χ4n) is 5.41. The summed E-state index contributed by atoms with van der Waals surface area (Å²) < 4.78 is 12.5. The van der Waals surface area contributed by atoms with Crippen LogP contribution in [0.2, 0.25) is 0 Å². The summed E-state index contributed by atoms with van der Waals surface area (Å²) in [6, 6.07) is 21.8. The SMILES string of the molecule is COc1ccc(Cn2nc(NC(=O)c3ccc(N4CCN(C5COC5)CC4)nc3)cc2-c2nc3ccccc3[nH]2)cc1. The third kappa shape index (κ3) is 5.31. The van der Waals surface area contributed by atoms with Gasteiger partial charge in [0.1, 0.15) is 17.3 Å². The molecular weight excluding hydrogens is 532 g/mol. The van der Waals surface area contributed by atoms with Gasteiger partial charge in [0.25, 0.3) is 5.91 Å². The number of aromatic nitrogens is 5. The van der Waals surface area contributed by atoms with E-state index in [2.05, 4.69) is 25.1 Å². The first-order valence-corrected chi connectivity index (χ1v) is 14.1. The van der Waals surface area contributed by atoms with E-state index in [1.54, 1.807) is 13.3 Å². The molecule has 1 amide bonds. The molecule has 2 aromatic carbocycles. The number of fused-ring (bicyclic) bond motifs is 1. The predicted octanol–water partition coefficient (Wildman–Crippen LogP) is 3.65. The van der Waals surface area contributed by atoms with Crippen LogP contribution in [0.15, 0.2) is 72.9 Å². The lowest BCUT2D eigenvalue weighted by molar-refractivity contribution is -0.0661. The van der Waals surface area contributed by atoms with Gasteiger partial charge in [-0.25, -0.2) is 9.97 Å². The number of benzene rings is 2. The van der Waals surface area contributed by atoms with Crippen molar-refractivity contribution in [2.75, 3.05) is 56.7 Å². The van der Waals surface area contributed by atoms with Gasteiger partial charge < -0.3 is 24.7 Å². The van der Waals surface area contributed by atoms with Crippen LogP contribution in [-0.2, 0) is 11.3 Å². The molecule has 0 bridgehead atoms. The Kier molecular flexibility index (Phi) is 7.02. The van der Waals surface area contributed by atoms with Gasteiger partial charge in [0.05, 0.1) is 49.5 Å². The molecule has 11 nitrogen and oxygen atoms in total. The zero-order valence-electron chi connectivity index (χ0n) is 23.4. The van der Waals surface area contributed by atoms with Crippen LogP contribution in [0.1, 0.15) is 15.9 Å². The smallest absolute Gasteiger partial charge is 0.258 e. The minimum atomic E-state index is -0.269. The maximum Gasteiger partial charge on any atom is 0.258 e. The second-order valence-corrected chi connectivity index (χ2v) is 10.6. The van der Waals surface area contributed by atoms with Crippen LogP contribution in [0.25, 0.3) is 22.6 Å². The number of hydrogen-bond donors (Lipinski definition) is 2. The highest BCUT2D eigenvalue weighted by molar-refractivity contribution is 6.03. The average Bonchev–Trinajstić information content (AvgIpc) is 3.61. The lowest BCUT2D eigenvalue weighted by atomic mass is 10.2. The molecule has 2 fully saturated rings. The van der Waals surface area contributed by atoms with Crippen LogP contribution < -0.4 is 15.0 Å². The Bertz CT molecular complexity index is 1650. The number of para-hydroxylation sites is 2. The first-order chi connectivity index (χ1) is 20.6. The van der Waals surface area contributed by atoms with E-state index in [4.69, 9.17) is 19.6 Å². The van der Waals surface area contributed by atoms with E-state index in [-0.39, 0.29) is 5.91 Å². The number of nitrogens with zero attached hydrogens (tertiary/aromatic N) is 6. The monoisotopic (exact) mass is 564 g/mol. The Labute approximate surface area is 243 Å². The van der Waals surface area contributed by atoms with Crippen LogP contribution in [0.3, 0.4) is 0 Å². The largest absolute Gasteiger partial charge is 0.497 e. The topological polar surface area (TPSA) is 113 Å². The summed E-state index contributed by atoms with van der Waals surface area (Å²) in [7, 11) is 1.65. The minimum Gasteiger partial charge on any atom is -0.497 e. The zero-order chi connectivity index (χ0) is 28.5. The van der Waals surface area contributed by atoms with Gasteiger partial charge in [0.15, 0.2) is 11.6 Å². The van der Waals surface area contributed by atoms with E-state index in [1.165, 1.54) is 0 Å². The van der Waals surface area contributed by atoms with Gasteiger partial charge in [0, 0.05) is 38.4 Å². The summed E-state index contributed by atoms with van der Waals surface area (Å²) in [4.78, 5) is 30.7. The molecule has 2 aliphatic rings. The van der Waals surface area contributed by atoms with Crippen molar-refractivity contribution in [1.29, 1.82) is 0 Å². The Hall–Kier alpha value is -4.74. The average molecular weight is 565 g/mol. The molecule has 0 spiro atoms. The number of amides is 1. The number of imidazole rings is 1. The van der Waals surface area contributed by atoms with Crippen molar-refractivity contribution in [3.8, 4) is 17.3 Å². The number of carbonyl (C=O) groups is 1. The van der Waals surface area contributed by atoms with Crippen molar-refractivity contribution in [3.05, 3.63) is 84.1 Å². The Morgan fingerprint density at radius 3 is 2.55 bits per heavy atom. The number of anilines is 2. The van der Waals surface area contributed by atoms with Crippen LogP contribution in [0.4, 0.5) is 11.6 Å². The van der Waals surface area contributed by atoms with Crippen LogP contribution >= 0.6 is 0 Å². The second kappa shape index (κ2) is 11.3. The lowest BCUT2D eigenvalue weighted by Gasteiger charge is -2.42. The number of rotatable bonds is 8. The first kappa shape index (κ1) is 26.2. The Morgan fingerprint density at radius 1 is 1.05 bits per heavy atom. The zero-order valence-corrected chi connectivity index (χ0v) is 23.4. The normalized spacial score (nSPS) is 16.0. The van der Waals surface area contributed by atoms with E-state index in [9.17, 15) is 4.79 Å². The summed E-state index contributed by atoms with van der Waals surface area (Å²) in [5, 5.41) is 7.69. The number of pyridine rings is 1. The summed E-state index contributed by atoms with van der Waals surface area (Å²) in [5.41, 5.74) is 4.06. The van der Waals surface area contributed by atoms with Crippen molar-refractivity contribution in [3.63, 3.8) is 0 Å². The molecule has 2 saturated heterocycles. The van der Waals surface area contributed by atoms with Crippen LogP contribution in [0, 0.1) is 0 Å². The summed E-state index contributed by atoms with van der Waals surface area (Å²) in [5.74, 6) is 2.51. The molecule has 5 heterocycles. The fraction of sp³-hybridized carbons (Fsp3) is 0.290. The molecule has 7 rings (SSSR count). The highest BCUT2D eigenvalue weighted by Gasteiger charge is 2.29. The number of hydrogen-bond acceptors (Lipinski definition) is 8. The van der Waals surface area contributed by atoms with E-state index < -0.39 is 0 Å². The van der Waals surface area contributed by atoms with Crippen LogP contribution in [-0.4, -0.2) is 88.1 Å². The van der Waals surface area contributed by atoms with E-state index >= 15 is 0 Å². The molecule has 5 aromatic rings. The number of piperazine rings is 1. The molecule has 0 saturated carbocycles. The molecule has 3 aromatic heterocycles. The number of carbonyl (C=O) groups excluding carboxylic acids is 1. The third-order valence-corrected chi connectivity index (χ3v) is 7.93. The summed E-state index contributed by atoms with van der Waals surface area (Å²) in [6.07, 6.45) is 1.63. The highest BCUT2D eigenvalue weighted by Crippen LogP contribution is 2.25. The van der Waals surface area contributed by atoms with Gasteiger partial charge in [-0.15, -0.1) is 0 Å². The number of methoxy groups -OCH3 is 1.